The lowest BCUT2D eigenvalue weighted by Gasteiger charge is -2.21. The van der Waals surface area contributed by atoms with Crippen LogP contribution in [0.5, 0.6) is 0 Å². The van der Waals surface area contributed by atoms with Crippen molar-refractivity contribution in [1.82, 2.24) is 4.57 Å². The number of benzene rings is 6. The molecule has 0 radical (unpaired) electrons. The fourth-order valence-electron chi connectivity index (χ4n) is 7.35. The number of para-hydroxylation sites is 2. The lowest BCUT2D eigenvalue weighted by molar-refractivity contribution is 0.647. The summed E-state index contributed by atoms with van der Waals surface area (Å²) < 4.78 is 8.76. The number of furan rings is 1. The van der Waals surface area contributed by atoms with Gasteiger partial charge >= 0.3 is 0 Å². The molecule has 0 N–H and O–H groups in total. The minimum absolute atomic E-state index is 0.0794. The van der Waals surface area contributed by atoms with Crippen LogP contribution in [0, 0.1) is 11.3 Å². The van der Waals surface area contributed by atoms with Gasteiger partial charge in [-0.05, 0) is 76.3 Å². The summed E-state index contributed by atoms with van der Waals surface area (Å²) in [5, 5.41) is 14.5. The Kier molecular flexibility index (Phi) is 4.74. The summed E-state index contributed by atoms with van der Waals surface area (Å²) in [5.74, 6) is 0. The van der Waals surface area contributed by atoms with E-state index in [0.29, 0.717) is 5.56 Å². The molecule has 1 aliphatic carbocycles. The van der Waals surface area contributed by atoms with Gasteiger partial charge in [0.1, 0.15) is 11.2 Å². The molecule has 2 heterocycles. The lowest BCUT2D eigenvalue weighted by Crippen LogP contribution is -2.14. The molecule has 6 aromatic carbocycles. The van der Waals surface area contributed by atoms with Crippen LogP contribution in [0.25, 0.3) is 71.7 Å². The number of nitrogens with zero attached hydrogens (tertiary/aromatic N) is 2. The normalized spacial score (nSPS) is 13.5. The second-order valence-corrected chi connectivity index (χ2v) is 12.1. The third kappa shape index (κ3) is 3.24. The molecule has 1 aliphatic rings. The first-order valence-electron chi connectivity index (χ1n) is 14.7. The van der Waals surface area contributed by atoms with Crippen LogP contribution in [-0.2, 0) is 5.41 Å². The molecular formula is C40H26N2O. The number of hydrogen-bond acceptors (Lipinski definition) is 2. The fraction of sp³-hybridized carbons (Fsp3) is 0.0750. The number of fused-ring (bicyclic) bond motifs is 9. The molecule has 0 atom stereocenters. The summed E-state index contributed by atoms with van der Waals surface area (Å²) in [5.41, 5.74) is 13.0. The highest BCUT2D eigenvalue weighted by molar-refractivity contribution is 6.11. The predicted molar refractivity (Wildman–Crippen MR) is 176 cm³/mol. The van der Waals surface area contributed by atoms with E-state index in [1.54, 1.807) is 0 Å². The summed E-state index contributed by atoms with van der Waals surface area (Å²) in [6.45, 7) is 4.59. The first kappa shape index (κ1) is 24.1. The molecule has 0 bridgehead atoms. The highest BCUT2D eigenvalue weighted by Crippen LogP contribution is 2.51. The number of aromatic nitrogens is 1. The van der Waals surface area contributed by atoms with Crippen LogP contribution in [0.3, 0.4) is 0 Å². The predicted octanol–water partition coefficient (Wildman–Crippen LogP) is 10.5. The molecule has 9 rings (SSSR count). The summed E-state index contributed by atoms with van der Waals surface area (Å²) in [4.78, 5) is 0. The number of hydrogen-bond donors (Lipinski definition) is 0. The van der Waals surface area contributed by atoms with Gasteiger partial charge in [-0.2, -0.15) is 5.26 Å². The van der Waals surface area contributed by atoms with Gasteiger partial charge in [-0.25, -0.2) is 0 Å². The van der Waals surface area contributed by atoms with Crippen LogP contribution in [-0.4, -0.2) is 4.57 Å². The minimum atomic E-state index is -0.0794. The first-order chi connectivity index (χ1) is 21.0. The zero-order chi connectivity index (χ0) is 28.9. The highest BCUT2D eigenvalue weighted by atomic mass is 16.3. The van der Waals surface area contributed by atoms with E-state index in [4.69, 9.17) is 4.42 Å². The van der Waals surface area contributed by atoms with Crippen molar-refractivity contribution in [1.29, 1.82) is 5.26 Å². The maximum Gasteiger partial charge on any atom is 0.135 e. The van der Waals surface area contributed by atoms with Crippen molar-refractivity contribution in [2.45, 2.75) is 19.3 Å². The van der Waals surface area contributed by atoms with Gasteiger partial charge in [-0.15, -0.1) is 0 Å². The Morgan fingerprint density at radius 3 is 2.05 bits per heavy atom. The molecule has 202 valence electrons. The molecule has 0 aliphatic heterocycles. The topological polar surface area (TPSA) is 41.9 Å². The molecular weight excluding hydrogens is 524 g/mol. The molecule has 0 saturated heterocycles. The van der Waals surface area contributed by atoms with Gasteiger partial charge in [-0.1, -0.05) is 86.6 Å². The van der Waals surface area contributed by atoms with Crippen LogP contribution in [0.15, 0.2) is 126 Å². The van der Waals surface area contributed by atoms with E-state index < -0.39 is 0 Å². The van der Waals surface area contributed by atoms with Crippen molar-refractivity contribution in [3.8, 4) is 34.0 Å². The Hall–Kier alpha value is -5.59. The van der Waals surface area contributed by atoms with Crippen molar-refractivity contribution in [2.75, 3.05) is 0 Å². The molecule has 43 heavy (non-hydrogen) atoms. The highest BCUT2D eigenvalue weighted by Gasteiger charge is 2.36. The summed E-state index contributed by atoms with van der Waals surface area (Å²) >= 11 is 0. The molecule has 0 fully saturated rings. The maximum absolute atomic E-state index is 9.89. The fourth-order valence-corrected chi connectivity index (χ4v) is 7.35. The van der Waals surface area contributed by atoms with Gasteiger partial charge in [0, 0.05) is 32.5 Å². The van der Waals surface area contributed by atoms with E-state index in [1.807, 2.05) is 12.1 Å². The average Bonchev–Trinajstić information content (AvgIpc) is 3.65. The van der Waals surface area contributed by atoms with Gasteiger partial charge < -0.3 is 8.98 Å². The standard InChI is InChI=1S/C40H26N2O/c1-40(2)33-12-6-3-9-27(33)30-21-32-31-20-25(16-18-38(31)43-39(32)22-34(30)40)26-17-15-24(23-41)19-37(26)42-35-13-7-4-10-28(35)29-11-5-8-14-36(29)42/h3-22H,1-2H3. The van der Waals surface area contributed by atoms with Crippen LogP contribution in [0.4, 0.5) is 0 Å². The van der Waals surface area contributed by atoms with E-state index in [-0.39, 0.29) is 5.41 Å². The second kappa shape index (κ2) is 8.47. The summed E-state index contributed by atoms with van der Waals surface area (Å²) in [6, 6.07) is 45.1. The smallest absolute Gasteiger partial charge is 0.135 e. The molecule has 0 saturated carbocycles. The van der Waals surface area contributed by atoms with Crippen LogP contribution in [0.2, 0.25) is 0 Å². The largest absolute Gasteiger partial charge is 0.456 e. The van der Waals surface area contributed by atoms with Crippen LogP contribution >= 0.6 is 0 Å². The summed E-state index contributed by atoms with van der Waals surface area (Å²) in [6.07, 6.45) is 0. The molecule has 0 amide bonds. The minimum Gasteiger partial charge on any atom is -0.456 e. The third-order valence-electron chi connectivity index (χ3n) is 9.43. The van der Waals surface area contributed by atoms with E-state index in [1.165, 1.54) is 33.0 Å². The van der Waals surface area contributed by atoms with E-state index in [9.17, 15) is 5.26 Å². The quantitative estimate of drug-likeness (QED) is 0.215. The van der Waals surface area contributed by atoms with Crippen LogP contribution < -0.4 is 0 Å². The molecule has 3 heteroatoms. The van der Waals surface area contributed by atoms with E-state index in [2.05, 4.69) is 134 Å². The van der Waals surface area contributed by atoms with Crippen LogP contribution in [0.1, 0.15) is 30.5 Å². The van der Waals surface area contributed by atoms with Gasteiger partial charge in [0.15, 0.2) is 0 Å². The monoisotopic (exact) mass is 550 g/mol. The van der Waals surface area contributed by atoms with Gasteiger partial charge in [0.2, 0.25) is 0 Å². The number of rotatable bonds is 2. The Morgan fingerprint density at radius 2 is 1.28 bits per heavy atom. The molecule has 3 nitrogen and oxygen atoms in total. The van der Waals surface area contributed by atoms with Gasteiger partial charge in [0.25, 0.3) is 0 Å². The maximum atomic E-state index is 9.89. The molecule has 0 unspecified atom stereocenters. The Balaban J connectivity index is 1.31. The summed E-state index contributed by atoms with van der Waals surface area (Å²) in [7, 11) is 0. The average molecular weight is 551 g/mol. The van der Waals surface area contributed by atoms with Crippen molar-refractivity contribution in [2.24, 2.45) is 0 Å². The van der Waals surface area contributed by atoms with Crippen molar-refractivity contribution in [3.63, 3.8) is 0 Å². The molecule has 0 spiro atoms. The van der Waals surface area contributed by atoms with E-state index in [0.717, 1.165) is 49.8 Å². The van der Waals surface area contributed by atoms with Crippen molar-refractivity contribution in [3.05, 3.63) is 138 Å². The van der Waals surface area contributed by atoms with Crippen molar-refractivity contribution < 1.29 is 4.42 Å². The zero-order valence-electron chi connectivity index (χ0n) is 23.8. The van der Waals surface area contributed by atoms with Gasteiger partial charge in [-0.3, -0.25) is 0 Å². The zero-order valence-corrected chi connectivity index (χ0v) is 23.8. The van der Waals surface area contributed by atoms with Crippen molar-refractivity contribution >= 4 is 43.7 Å². The Morgan fingerprint density at radius 1 is 0.581 bits per heavy atom. The Labute approximate surface area is 248 Å². The number of nitriles is 1. The lowest BCUT2D eigenvalue weighted by atomic mass is 9.82. The van der Waals surface area contributed by atoms with Gasteiger partial charge in [0.05, 0.1) is 28.4 Å². The first-order valence-corrected chi connectivity index (χ1v) is 14.7. The third-order valence-corrected chi connectivity index (χ3v) is 9.43. The molecule has 2 aromatic heterocycles. The second-order valence-electron chi connectivity index (χ2n) is 12.1. The molecule has 8 aromatic rings. The Bertz CT molecular complexity index is 2450. The van der Waals surface area contributed by atoms with E-state index >= 15 is 0 Å². The SMILES string of the molecule is CC1(C)c2ccccc2-c2cc3c(cc21)oc1ccc(-c2ccc(C#N)cc2-n2c4ccccc4c4ccccc42)cc13.